The van der Waals surface area contributed by atoms with E-state index in [2.05, 4.69) is 326 Å². The smallest absolute Gasteiger partial charge is 0.483 e. The van der Waals surface area contributed by atoms with Gasteiger partial charge >= 0.3 is 26.2 Å². The first kappa shape index (κ1) is 100. The van der Waals surface area contributed by atoms with Crippen molar-refractivity contribution in [2.45, 2.75) is 343 Å². The molecule has 0 bridgehead atoms. The van der Waals surface area contributed by atoms with E-state index in [1.807, 2.05) is 36.4 Å². The molecule has 1 saturated carbocycles. The summed E-state index contributed by atoms with van der Waals surface area (Å²) in [7, 11) is -13.6. The zero-order valence-electron chi connectivity index (χ0n) is 75.1. The maximum atomic E-state index is 6.99. The Morgan fingerprint density at radius 1 is 0.393 bits per heavy atom. The average molecular weight is 1630 g/mol. The molecule has 610 valence electrons. The van der Waals surface area contributed by atoms with Crippen LogP contribution in [0.5, 0.6) is 11.5 Å². The molecule has 5 aromatic rings. The Bertz CT molecular complexity index is 3000. The fraction of sp³-hybridized carbons (Fsp3) is 0.659. The van der Waals surface area contributed by atoms with Crippen molar-refractivity contribution in [1.82, 2.24) is 0 Å². The van der Waals surface area contributed by atoms with E-state index in [4.69, 9.17) is 43.3 Å². The van der Waals surface area contributed by atoms with Crippen LogP contribution < -0.4 is 9.47 Å². The molecule has 1 aliphatic carbocycles. The molecule has 0 aromatic heterocycles. The van der Waals surface area contributed by atoms with E-state index in [0.717, 1.165) is 34.8 Å². The van der Waals surface area contributed by atoms with Crippen molar-refractivity contribution < 1.29 is 43.3 Å². The fourth-order valence-corrected chi connectivity index (χ4v) is 44.4. The van der Waals surface area contributed by atoms with Gasteiger partial charge < -0.3 is 43.3 Å². The molecule has 0 spiro atoms. The lowest BCUT2D eigenvalue weighted by atomic mass is 9.63. The van der Waals surface area contributed by atoms with E-state index in [9.17, 15) is 0 Å². The summed E-state index contributed by atoms with van der Waals surface area (Å²) >= 11 is 0. The molecule has 0 amide bonds. The van der Waals surface area contributed by atoms with Gasteiger partial charge in [-0.25, -0.2) is 0 Å². The van der Waals surface area contributed by atoms with Crippen molar-refractivity contribution in [3.05, 3.63) is 167 Å². The predicted octanol–water partition coefficient (Wildman–Crippen LogP) is 28.1. The van der Waals surface area contributed by atoms with Crippen molar-refractivity contribution in [3.63, 3.8) is 0 Å². The summed E-state index contributed by atoms with van der Waals surface area (Å²) in [5.74, 6) is 2.68. The monoisotopic (exact) mass is 1630 g/mol. The van der Waals surface area contributed by atoms with Crippen LogP contribution in [0.3, 0.4) is 0 Å². The van der Waals surface area contributed by atoms with E-state index in [-0.39, 0.29) is 17.1 Å². The maximum absolute atomic E-state index is 6.99. The first-order chi connectivity index (χ1) is 49.4. The second-order valence-electron chi connectivity index (χ2n) is 38.0. The van der Waals surface area contributed by atoms with Crippen LogP contribution >= 0.6 is 0 Å². The highest BCUT2D eigenvalue weighted by atomic mass is 28.5. The number of ether oxygens (including phenoxy) is 2. The first-order valence-corrected chi connectivity index (χ1v) is 66.4. The molecular formula is C88H162O10Si9. The molecule has 0 radical (unpaired) electrons. The molecule has 0 saturated heterocycles. The van der Waals surface area contributed by atoms with Crippen LogP contribution in [0.15, 0.2) is 140 Å². The van der Waals surface area contributed by atoms with Gasteiger partial charge in [0.1, 0.15) is 17.6 Å². The van der Waals surface area contributed by atoms with Crippen LogP contribution in [0.2, 0.25) is 137 Å². The van der Waals surface area contributed by atoms with Crippen LogP contribution in [0.25, 0.3) is 0 Å². The quantitative estimate of drug-likeness (QED) is 0.0327. The van der Waals surface area contributed by atoms with Crippen LogP contribution in [-0.2, 0) is 39.3 Å². The van der Waals surface area contributed by atoms with Gasteiger partial charge in [0.15, 0.2) is 42.3 Å². The van der Waals surface area contributed by atoms with E-state index < -0.39 is 76.6 Å². The van der Waals surface area contributed by atoms with Gasteiger partial charge in [-0.15, -0.1) is 0 Å². The second kappa shape index (κ2) is 46.0. The van der Waals surface area contributed by atoms with E-state index >= 15 is 0 Å². The van der Waals surface area contributed by atoms with E-state index in [1.165, 1.54) is 87.3 Å². The molecule has 19 heteroatoms. The summed E-state index contributed by atoms with van der Waals surface area (Å²) in [5, 5.41) is 0.557. The lowest BCUT2D eigenvalue weighted by Gasteiger charge is -2.43. The third-order valence-corrected chi connectivity index (χ3v) is 52.7. The fourth-order valence-electron chi connectivity index (χ4n) is 13.6. The molecule has 0 unspecified atom stereocenters. The van der Waals surface area contributed by atoms with Gasteiger partial charge in [0.05, 0.1) is 22.3 Å². The molecule has 1 fully saturated rings. The number of benzene rings is 5. The molecule has 0 atom stereocenters. The van der Waals surface area contributed by atoms with Crippen LogP contribution in [0, 0.1) is 11.8 Å². The molecule has 0 heterocycles. The second-order valence-corrected chi connectivity index (χ2v) is 76.5. The highest BCUT2D eigenvalue weighted by molar-refractivity contribution is 6.87. The number of hydrogen-bond acceptors (Lipinski definition) is 10. The molecule has 1 aliphatic rings. The summed E-state index contributed by atoms with van der Waals surface area (Å²) in [4.78, 5) is 0. The molecule has 10 nitrogen and oxygen atoms in total. The lowest BCUT2D eigenvalue weighted by molar-refractivity contribution is 0.0767. The Morgan fingerprint density at radius 3 is 0.972 bits per heavy atom. The zero-order valence-corrected chi connectivity index (χ0v) is 84.3. The van der Waals surface area contributed by atoms with Gasteiger partial charge in [-0.1, -0.05) is 309 Å². The molecule has 0 N–H and O–H groups in total. The molecule has 0 aliphatic heterocycles. The van der Waals surface area contributed by atoms with E-state index in [0.29, 0.717) is 39.6 Å². The van der Waals surface area contributed by atoms with Crippen LogP contribution in [-0.4, -0.2) is 103 Å². The van der Waals surface area contributed by atoms with Gasteiger partial charge in [0.2, 0.25) is 0 Å². The molecular weight excluding hydrogens is 1470 g/mol. The molecule has 107 heavy (non-hydrogen) atoms. The summed E-state index contributed by atoms with van der Waals surface area (Å²) < 4.78 is 64.5. The minimum absolute atomic E-state index is 0.181. The van der Waals surface area contributed by atoms with Gasteiger partial charge in [-0.2, -0.15) is 0 Å². The van der Waals surface area contributed by atoms with Crippen molar-refractivity contribution in [1.29, 1.82) is 0 Å². The van der Waals surface area contributed by atoms with Crippen LogP contribution in [0.4, 0.5) is 0 Å². The number of rotatable bonds is 30. The van der Waals surface area contributed by atoms with Crippen molar-refractivity contribution in [2.75, 3.05) is 20.8 Å². The molecule has 6 rings (SSSR count). The zero-order chi connectivity index (χ0) is 81.6. The summed E-state index contributed by atoms with van der Waals surface area (Å²) in [6.45, 7) is 75.9. The lowest BCUT2D eigenvalue weighted by Crippen LogP contribution is -2.60. The third kappa shape index (κ3) is 34.5. The minimum Gasteiger partial charge on any atom is -0.497 e. The maximum Gasteiger partial charge on any atom is 0.483 e. The Labute approximate surface area is 670 Å². The highest BCUT2D eigenvalue weighted by Crippen LogP contribution is 2.47. The van der Waals surface area contributed by atoms with Gasteiger partial charge in [-0.05, 0) is 185 Å². The van der Waals surface area contributed by atoms with Crippen molar-refractivity contribution in [2.24, 2.45) is 11.8 Å². The Morgan fingerprint density at radius 2 is 0.710 bits per heavy atom. The van der Waals surface area contributed by atoms with Gasteiger partial charge in [-0.3, -0.25) is 0 Å². The first-order valence-electron chi connectivity index (χ1n) is 41.3. The van der Waals surface area contributed by atoms with Crippen molar-refractivity contribution in [3.8, 4) is 11.5 Å². The number of methoxy groups -OCH3 is 2. The number of hydrogen-bond donors (Lipinski definition) is 0. The summed E-state index contributed by atoms with van der Waals surface area (Å²) in [6.07, 6.45) is 14.7. The summed E-state index contributed by atoms with van der Waals surface area (Å²) in [5.41, 5.74) is 8.25. The molecule has 5 aromatic carbocycles. The standard InChI is InChI=1S/C24H26O2.C22H36O3Si3.C21H48O3Si3.C12H30O2Si2.C9H22Si/c1-18(2)24(19-8-6-5-7-9-19,20-10-14-22(25-3)15-11-20)21-12-16-23(26-4)17-13-21;1-19(2)28(24-26(3,4)5,25-27(6,7)8)23-22(20-15-11-9-12-16-20)21-17-13-10-14-18-21;1-20(2)27(23-25(3,4)5,24-26(6,7)8)22-21-18-16-14-12-10-9-11-13-15-17-19-21;1-10(2)9-13-16(11(3)4,12(5)6)14-15(7)8;1-8(2)10(6,7)9(3,4)5/h5-18H,1-4H3;9-19,22H,1-8H3;20-21H,9-19H2,1-8H3;10-12,15H,9H2,1-8H3;8H,1-7H3. The Kier molecular flexibility index (Phi) is 43.2. The van der Waals surface area contributed by atoms with E-state index in [1.54, 1.807) is 14.2 Å². The topological polar surface area (TPSA) is 92.3 Å². The average Bonchev–Trinajstić information content (AvgIpc) is 0.744. The normalized spacial score (nSPS) is 14.8. The van der Waals surface area contributed by atoms with Gasteiger partial charge in [0, 0.05) is 29.2 Å². The van der Waals surface area contributed by atoms with Crippen molar-refractivity contribution >= 4 is 76.6 Å². The van der Waals surface area contributed by atoms with Crippen LogP contribution in [0.1, 0.15) is 222 Å². The summed E-state index contributed by atoms with van der Waals surface area (Å²) in [6, 6.07) is 48.4. The largest absolute Gasteiger partial charge is 0.497 e. The van der Waals surface area contributed by atoms with Gasteiger partial charge in [0.25, 0.3) is 0 Å². The Balaban J connectivity index is 0.000000471. The minimum atomic E-state index is -2.95. The SMILES string of the molecule is CC(C)CO[Si](O[SiH](C)C)(C(C)C)C(C)C.CC(C)[Si](C)(C)C(C)(C)C.CC(C)[Si](OC(c1ccccc1)c1ccccc1)(O[Si](C)(C)C)O[Si](C)(C)C.CC(C)[Si](OC1CCCCCCCCCCC1)(O[Si](C)(C)C)O[Si](C)(C)C.COc1ccc(C(c2ccccc2)(c2ccc(OC)cc2)C(C)C)cc1. The third-order valence-electron chi connectivity index (χ3n) is 20.3. The highest BCUT2D eigenvalue weighted by Gasteiger charge is 2.54. The Hall–Kier alpha value is -2.67. The predicted molar refractivity (Wildman–Crippen MR) is 487 cm³/mol.